The molecule has 0 atom stereocenters. The predicted octanol–water partition coefficient (Wildman–Crippen LogP) is 0.276. The minimum absolute atomic E-state index is 0. The minimum atomic E-state index is 0. The van der Waals surface area contributed by atoms with Gasteiger partial charge in [0.2, 0.25) is 0 Å². The normalized spacial score (nSPS) is 9.09. The van der Waals surface area contributed by atoms with Gasteiger partial charge in [-0.2, -0.15) is 15.4 Å². The SMILES string of the molecule is Cl.c1n[nH]nc1-c1cnon1. The molecule has 0 aliphatic rings. The van der Waals surface area contributed by atoms with E-state index in [9.17, 15) is 0 Å². The first-order valence-corrected chi connectivity index (χ1v) is 2.60. The van der Waals surface area contributed by atoms with Crippen LogP contribution in [0.5, 0.6) is 0 Å². The van der Waals surface area contributed by atoms with Crippen LogP contribution in [0.1, 0.15) is 0 Å². The molecule has 0 spiro atoms. The molecule has 58 valence electrons. The summed E-state index contributed by atoms with van der Waals surface area (Å²) in [6, 6.07) is 0. The highest BCUT2D eigenvalue weighted by molar-refractivity contribution is 5.85. The lowest BCUT2D eigenvalue weighted by molar-refractivity contribution is 0.308. The molecule has 0 aliphatic carbocycles. The van der Waals surface area contributed by atoms with E-state index in [2.05, 4.69) is 30.4 Å². The predicted molar refractivity (Wildman–Crippen MR) is 36.9 cm³/mol. The Hall–Kier alpha value is -1.43. The molecule has 2 rings (SSSR count). The van der Waals surface area contributed by atoms with E-state index in [1.807, 2.05) is 0 Å². The number of aromatic nitrogens is 5. The average molecular weight is 174 g/mol. The van der Waals surface area contributed by atoms with Gasteiger partial charge in [-0.25, -0.2) is 4.63 Å². The van der Waals surface area contributed by atoms with Crippen molar-refractivity contribution in [2.24, 2.45) is 0 Å². The smallest absolute Gasteiger partial charge is 0.156 e. The Morgan fingerprint density at radius 1 is 1.27 bits per heavy atom. The summed E-state index contributed by atoms with van der Waals surface area (Å²) < 4.78 is 4.36. The third-order valence-corrected chi connectivity index (χ3v) is 1.04. The lowest BCUT2D eigenvalue weighted by Crippen LogP contribution is -1.75. The molecule has 0 aliphatic heterocycles. The second-order valence-electron chi connectivity index (χ2n) is 1.65. The number of nitrogens with zero attached hydrogens (tertiary/aromatic N) is 4. The van der Waals surface area contributed by atoms with Crippen molar-refractivity contribution in [3.8, 4) is 11.4 Å². The fourth-order valence-electron chi connectivity index (χ4n) is 0.603. The van der Waals surface area contributed by atoms with Crippen molar-refractivity contribution in [3.05, 3.63) is 12.4 Å². The first-order chi connectivity index (χ1) is 4.97. The quantitative estimate of drug-likeness (QED) is 0.670. The maximum absolute atomic E-state index is 4.36. The molecular weight excluding hydrogens is 170 g/mol. The minimum Gasteiger partial charge on any atom is -0.244 e. The van der Waals surface area contributed by atoms with Crippen LogP contribution in [-0.4, -0.2) is 25.7 Å². The molecule has 0 saturated carbocycles. The summed E-state index contributed by atoms with van der Waals surface area (Å²) in [6.45, 7) is 0. The average Bonchev–Trinajstić information content (AvgIpc) is 2.59. The summed E-state index contributed by atoms with van der Waals surface area (Å²) in [6.07, 6.45) is 3.01. The van der Waals surface area contributed by atoms with E-state index < -0.39 is 0 Å². The standard InChI is InChI=1S/C4H3N5O.ClH/c1-3(7-9-5-1)4-2-6-10-8-4;/h1-2H,(H,5,7,9);1H. The van der Waals surface area contributed by atoms with Gasteiger partial charge in [0.1, 0.15) is 11.9 Å². The third kappa shape index (κ3) is 1.35. The van der Waals surface area contributed by atoms with Crippen molar-refractivity contribution in [2.45, 2.75) is 0 Å². The van der Waals surface area contributed by atoms with E-state index in [0.29, 0.717) is 11.4 Å². The zero-order valence-corrected chi connectivity index (χ0v) is 6.08. The number of aromatic amines is 1. The zero-order valence-electron chi connectivity index (χ0n) is 5.26. The lowest BCUT2D eigenvalue weighted by Gasteiger charge is -1.76. The summed E-state index contributed by atoms with van der Waals surface area (Å²) in [5, 5.41) is 16.8. The van der Waals surface area contributed by atoms with Gasteiger partial charge in [-0.15, -0.1) is 12.4 Å². The van der Waals surface area contributed by atoms with Crippen molar-refractivity contribution in [2.75, 3.05) is 0 Å². The largest absolute Gasteiger partial charge is 0.244 e. The highest BCUT2D eigenvalue weighted by atomic mass is 35.5. The molecule has 0 amide bonds. The molecule has 0 fully saturated rings. The maximum atomic E-state index is 4.36. The van der Waals surface area contributed by atoms with E-state index in [4.69, 9.17) is 0 Å². The maximum Gasteiger partial charge on any atom is 0.156 e. The molecule has 0 bridgehead atoms. The Balaban J connectivity index is 0.000000605. The van der Waals surface area contributed by atoms with Crippen LogP contribution >= 0.6 is 12.4 Å². The molecule has 0 radical (unpaired) electrons. The van der Waals surface area contributed by atoms with Crippen LogP contribution in [0.15, 0.2) is 17.0 Å². The van der Waals surface area contributed by atoms with E-state index in [1.54, 1.807) is 6.20 Å². The van der Waals surface area contributed by atoms with Crippen LogP contribution in [0.3, 0.4) is 0 Å². The van der Waals surface area contributed by atoms with Crippen molar-refractivity contribution < 1.29 is 4.63 Å². The van der Waals surface area contributed by atoms with Crippen LogP contribution in [0.4, 0.5) is 0 Å². The van der Waals surface area contributed by atoms with Crippen LogP contribution < -0.4 is 0 Å². The number of hydrogen-bond acceptors (Lipinski definition) is 5. The van der Waals surface area contributed by atoms with E-state index in [1.165, 1.54) is 6.20 Å². The molecule has 2 heterocycles. The highest BCUT2D eigenvalue weighted by Gasteiger charge is 2.02. The topological polar surface area (TPSA) is 80.5 Å². The van der Waals surface area contributed by atoms with Gasteiger partial charge in [-0.05, 0) is 5.16 Å². The van der Waals surface area contributed by atoms with E-state index in [-0.39, 0.29) is 12.4 Å². The van der Waals surface area contributed by atoms with Gasteiger partial charge in [-0.3, -0.25) is 0 Å². The summed E-state index contributed by atoms with van der Waals surface area (Å²) in [4.78, 5) is 0. The number of rotatable bonds is 1. The highest BCUT2D eigenvalue weighted by Crippen LogP contribution is 2.08. The Kier molecular flexibility index (Phi) is 2.17. The van der Waals surface area contributed by atoms with E-state index >= 15 is 0 Å². The molecule has 0 unspecified atom stereocenters. The van der Waals surface area contributed by atoms with Gasteiger partial charge in [0.25, 0.3) is 0 Å². The lowest BCUT2D eigenvalue weighted by atomic mass is 10.4. The van der Waals surface area contributed by atoms with Gasteiger partial charge in [0.05, 0.1) is 6.20 Å². The Labute approximate surface area is 67.4 Å². The van der Waals surface area contributed by atoms with Crippen LogP contribution in [0.25, 0.3) is 11.4 Å². The molecule has 7 heteroatoms. The van der Waals surface area contributed by atoms with Crippen molar-refractivity contribution in [3.63, 3.8) is 0 Å². The summed E-state index contributed by atoms with van der Waals surface area (Å²) in [7, 11) is 0. The molecule has 0 aromatic carbocycles. The molecule has 2 aromatic heterocycles. The first kappa shape index (κ1) is 7.67. The molecule has 2 aromatic rings. The molecule has 6 nitrogen and oxygen atoms in total. The Bertz CT molecular complexity index is 258. The van der Waals surface area contributed by atoms with E-state index in [0.717, 1.165) is 0 Å². The van der Waals surface area contributed by atoms with Gasteiger partial charge in [0.15, 0.2) is 5.69 Å². The fraction of sp³-hybridized carbons (Fsp3) is 0. The summed E-state index contributed by atoms with van der Waals surface area (Å²) >= 11 is 0. The van der Waals surface area contributed by atoms with Gasteiger partial charge >= 0.3 is 0 Å². The Morgan fingerprint density at radius 3 is 2.73 bits per heavy atom. The molecular formula is C4H4ClN5O. The number of hydrogen-bond donors (Lipinski definition) is 1. The Morgan fingerprint density at radius 2 is 2.18 bits per heavy atom. The van der Waals surface area contributed by atoms with Crippen LogP contribution in [0.2, 0.25) is 0 Å². The fourth-order valence-corrected chi connectivity index (χ4v) is 0.603. The number of H-pyrrole nitrogens is 1. The monoisotopic (exact) mass is 173 g/mol. The van der Waals surface area contributed by atoms with Gasteiger partial charge in [-0.1, -0.05) is 5.16 Å². The first-order valence-electron chi connectivity index (χ1n) is 2.60. The van der Waals surface area contributed by atoms with Crippen LogP contribution in [0, 0.1) is 0 Å². The third-order valence-electron chi connectivity index (χ3n) is 1.04. The molecule has 1 N–H and O–H groups in total. The van der Waals surface area contributed by atoms with Gasteiger partial charge < -0.3 is 0 Å². The second-order valence-corrected chi connectivity index (χ2v) is 1.65. The van der Waals surface area contributed by atoms with Crippen molar-refractivity contribution in [1.29, 1.82) is 0 Å². The number of nitrogens with one attached hydrogen (secondary N) is 1. The second kappa shape index (κ2) is 3.11. The van der Waals surface area contributed by atoms with Crippen molar-refractivity contribution in [1.82, 2.24) is 25.7 Å². The van der Waals surface area contributed by atoms with Crippen molar-refractivity contribution >= 4 is 12.4 Å². The summed E-state index contributed by atoms with van der Waals surface area (Å²) in [5.41, 5.74) is 1.20. The van der Waals surface area contributed by atoms with Gasteiger partial charge in [0, 0.05) is 0 Å². The number of halogens is 1. The zero-order chi connectivity index (χ0) is 6.81. The molecule has 0 saturated heterocycles. The molecule has 11 heavy (non-hydrogen) atoms. The van der Waals surface area contributed by atoms with Crippen LogP contribution in [-0.2, 0) is 0 Å². The summed E-state index contributed by atoms with van der Waals surface area (Å²) in [5.74, 6) is 0.